The van der Waals surface area contributed by atoms with Gasteiger partial charge in [0, 0.05) is 6.04 Å². The Balaban J connectivity index is 2.74. The summed E-state index contributed by atoms with van der Waals surface area (Å²) >= 11 is 0. The molecule has 0 aromatic heterocycles. The summed E-state index contributed by atoms with van der Waals surface area (Å²) in [4.78, 5) is 0. The SMILES string of the molecule is CNC(C1CCS(=O)(=O)C1)C(C)(C)C. The smallest absolute Gasteiger partial charge is 0.150 e. The van der Waals surface area contributed by atoms with Gasteiger partial charge in [-0.2, -0.15) is 0 Å². The fourth-order valence-electron chi connectivity index (χ4n) is 2.46. The van der Waals surface area contributed by atoms with E-state index in [1.54, 1.807) is 0 Å². The van der Waals surface area contributed by atoms with Crippen molar-refractivity contribution >= 4 is 9.84 Å². The van der Waals surface area contributed by atoms with Crippen LogP contribution < -0.4 is 5.32 Å². The van der Waals surface area contributed by atoms with E-state index in [0.717, 1.165) is 6.42 Å². The van der Waals surface area contributed by atoms with Crippen LogP contribution >= 0.6 is 0 Å². The molecule has 1 aliphatic heterocycles. The van der Waals surface area contributed by atoms with Crippen molar-refractivity contribution < 1.29 is 8.42 Å². The van der Waals surface area contributed by atoms with E-state index >= 15 is 0 Å². The molecule has 3 nitrogen and oxygen atoms in total. The molecule has 84 valence electrons. The summed E-state index contributed by atoms with van der Waals surface area (Å²) in [5.74, 6) is 1.01. The van der Waals surface area contributed by atoms with Crippen LogP contribution in [-0.2, 0) is 9.84 Å². The number of rotatable bonds is 2. The summed E-state index contributed by atoms with van der Waals surface area (Å²) < 4.78 is 22.7. The number of hydrogen-bond acceptors (Lipinski definition) is 3. The Hall–Kier alpha value is -0.0900. The summed E-state index contributed by atoms with van der Waals surface area (Å²) in [5, 5.41) is 3.26. The molecule has 4 heteroatoms. The number of sulfone groups is 1. The van der Waals surface area contributed by atoms with Gasteiger partial charge in [-0.15, -0.1) is 0 Å². The second kappa shape index (κ2) is 3.81. The standard InChI is InChI=1S/C10H21NO2S/c1-10(2,3)9(11-4)8-5-6-14(12,13)7-8/h8-9,11H,5-7H2,1-4H3. The Labute approximate surface area is 87.2 Å². The van der Waals surface area contributed by atoms with E-state index in [9.17, 15) is 8.42 Å². The van der Waals surface area contributed by atoms with E-state index in [-0.39, 0.29) is 11.3 Å². The first-order valence-electron chi connectivity index (χ1n) is 5.14. The van der Waals surface area contributed by atoms with Crippen molar-refractivity contribution in [1.82, 2.24) is 5.32 Å². The predicted molar refractivity (Wildman–Crippen MR) is 59.1 cm³/mol. The molecule has 0 spiro atoms. The zero-order valence-electron chi connectivity index (χ0n) is 9.50. The van der Waals surface area contributed by atoms with Gasteiger partial charge in [0.1, 0.15) is 0 Å². The van der Waals surface area contributed by atoms with Gasteiger partial charge in [-0.1, -0.05) is 20.8 Å². The molecule has 0 aliphatic carbocycles. The van der Waals surface area contributed by atoms with Crippen LogP contribution in [0.25, 0.3) is 0 Å². The molecule has 1 fully saturated rings. The van der Waals surface area contributed by atoms with Crippen LogP contribution in [0.2, 0.25) is 0 Å². The zero-order valence-corrected chi connectivity index (χ0v) is 10.3. The van der Waals surface area contributed by atoms with Crippen LogP contribution in [-0.4, -0.2) is 33.0 Å². The van der Waals surface area contributed by atoms with Gasteiger partial charge in [-0.05, 0) is 24.8 Å². The molecule has 1 rings (SSSR count). The average Bonchev–Trinajstić information content (AvgIpc) is 2.29. The third-order valence-electron chi connectivity index (χ3n) is 2.98. The quantitative estimate of drug-likeness (QED) is 0.755. The van der Waals surface area contributed by atoms with E-state index in [4.69, 9.17) is 0 Å². The Kier molecular flexibility index (Phi) is 3.26. The maximum Gasteiger partial charge on any atom is 0.150 e. The highest BCUT2D eigenvalue weighted by Crippen LogP contribution is 2.31. The number of nitrogens with one attached hydrogen (secondary N) is 1. The molecular formula is C10H21NO2S. The lowest BCUT2D eigenvalue weighted by atomic mass is 9.79. The molecule has 0 bridgehead atoms. The largest absolute Gasteiger partial charge is 0.316 e. The highest BCUT2D eigenvalue weighted by molar-refractivity contribution is 7.91. The van der Waals surface area contributed by atoms with Crippen molar-refractivity contribution in [3.8, 4) is 0 Å². The van der Waals surface area contributed by atoms with Gasteiger partial charge >= 0.3 is 0 Å². The molecule has 1 heterocycles. The maximum absolute atomic E-state index is 11.4. The lowest BCUT2D eigenvalue weighted by Crippen LogP contribution is -2.44. The minimum absolute atomic E-state index is 0.124. The Bertz CT molecular complexity index is 290. The molecule has 0 aromatic carbocycles. The van der Waals surface area contributed by atoms with E-state index < -0.39 is 9.84 Å². The lowest BCUT2D eigenvalue weighted by molar-refractivity contribution is 0.216. The van der Waals surface area contributed by atoms with Gasteiger partial charge in [-0.25, -0.2) is 8.42 Å². The molecule has 1 N–H and O–H groups in total. The Morgan fingerprint density at radius 3 is 2.21 bits per heavy atom. The molecule has 14 heavy (non-hydrogen) atoms. The highest BCUT2D eigenvalue weighted by atomic mass is 32.2. The van der Waals surface area contributed by atoms with Crippen molar-refractivity contribution in [2.45, 2.75) is 33.2 Å². The van der Waals surface area contributed by atoms with Crippen LogP contribution in [0, 0.1) is 11.3 Å². The van der Waals surface area contributed by atoms with Crippen LogP contribution in [0.1, 0.15) is 27.2 Å². The summed E-state index contributed by atoms with van der Waals surface area (Å²) in [6.45, 7) is 6.46. The van der Waals surface area contributed by atoms with Gasteiger partial charge in [-0.3, -0.25) is 0 Å². The maximum atomic E-state index is 11.4. The lowest BCUT2D eigenvalue weighted by Gasteiger charge is -2.34. The van der Waals surface area contributed by atoms with E-state index in [1.807, 2.05) is 7.05 Å². The molecule has 1 aliphatic rings. The Morgan fingerprint density at radius 1 is 1.36 bits per heavy atom. The van der Waals surface area contributed by atoms with Gasteiger partial charge < -0.3 is 5.32 Å². The molecule has 2 unspecified atom stereocenters. The van der Waals surface area contributed by atoms with E-state index in [1.165, 1.54) is 0 Å². The van der Waals surface area contributed by atoms with Gasteiger partial charge in [0.2, 0.25) is 0 Å². The summed E-state index contributed by atoms with van der Waals surface area (Å²) in [6, 6.07) is 0.291. The average molecular weight is 219 g/mol. The summed E-state index contributed by atoms with van der Waals surface area (Å²) in [6.07, 6.45) is 0.811. The Morgan fingerprint density at radius 2 is 1.93 bits per heavy atom. The molecule has 0 aromatic rings. The van der Waals surface area contributed by atoms with Crippen LogP contribution in [0.3, 0.4) is 0 Å². The van der Waals surface area contributed by atoms with Crippen molar-refractivity contribution in [1.29, 1.82) is 0 Å². The first-order chi connectivity index (χ1) is 6.26. The van der Waals surface area contributed by atoms with Crippen LogP contribution in [0.5, 0.6) is 0 Å². The normalized spacial score (nSPS) is 29.0. The number of hydrogen-bond donors (Lipinski definition) is 1. The molecule has 0 amide bonds. The van der Waals surface area contributed by atoms with E-state index in [0.29, 0.717) is 17.5 Å². The third kappa shape index (κ3) is 2.70. The summed E-state index contributed by atoms with van der Waals surface area (Å²) in [7, 11) is -0.833. The van der Waals surface area contributed by atoms with Gasteiger partial charge in [0.05, 0.1) is 11.5 Å². The topological polar surface area (TPSA) is 46.2 Å². The first-order valence-corrected chi connectivity index (χ1v) is 6.96. The second-order valence-corrected chi connectivity index (χ2v) is 7.52. The predicted octanol–water partition coefficient (Wildman–Crippen LogP) is 1.06. The highest BCUT2D eigenvalue weighted by Gasteiger charge is 2.38. The summed E-state index contributed by atoms with van der Waals surface area (Å²) in [5.41, 5.74) is 0.124. The van der Waals surface area contributed by atoms with Crippen molar-refractivity contribution in [3.63, 3.8) is 0 Å². The first kappa shape index (κ1) is 12.0. The van der Waals surface area contributed by atoms with Crippen molar-refractivity contribution in [2.75, 3.05) is 18.6 Å². The minimum atomic E-state index is -2.75. The zero-order chi connectivity index (χ0) is 11.0. The fourth-order valence-corrected chi connectivity index (χ4v) is 4.30. The van der Waals surface area contributed by atoms with Gasteiger partial charge in [0.15, 0.2) is 9.84 Å². The van der Waals surface area contributed by atoms with Crippen molar-refractivity contribution in [2.24, 2.45) is 11.3 Å². The minimum Gasteiger partial charge on any atom is -0.316 e. The third-order valence-corrected chi connectivity index (χ3v) is 4.78. The van der Waals surface area contributed by atoms with E-state index in [2.05, 4.69) is 26.1 Å². The molecule has 0 radical (unpaired) electrons. The molecule has 2 atom stereocenters. The molecular weight excluding hydrogens is 198 g/mol. The van der Waals surface area contributed by atoms with Gasteiger partial charge in [0.25, 0.3) is 0 Å². The second-order valence-electron chi connectivity index (χ2n) is 5.30. The van der Waals surface area contributed by atoms with Crippen LogP contribution in [0.15, 0.2) is 0 Å². The fraction of sp³-hybridized carbons (Fsp3) is 1.00. The van der Waals surface area contributed by atoms with Crippen molar-refractivity contribution in [3.05, 3.63) is 0 Å². The monoisotopic (exact) mass is 219 g/mol. The van der Waals surface area contributed by atoms with Crippen LogP contribution in [0.4, 0.5) is 0 Å². The molecule has 1 saturated heterocycles. The molecule has 0 saturated carbocycles.